The van der Waals surface area contributed by atoms with Crippen molar-refractivity contribution in [1.29, 1.82) is 0 Å². The first-order valence-corrected chi connectivity index (χ1v) is 10.9. The van der Waals surface area contributed by atoms with Gasteiger partial charge in [-0.15, -0.1) is 0 Å². The Balaban J connectivity index is 1.78. The van der Waals surface area contributed by atoms with Gasteiger partial charge in [0.25, 0.3) is 0 Å². The summed E-state index contributed by atoms with van der Waals surface area (Å²) in [7, 11) is 0. The molecule has 0 unspecified atom stereocenters. The van der Waals surface area contributed by atoms with Crippen LogP contribution in [0, 0.1) is 5.82 Å². The van der Waals surface area contributed by atoms with Crippen molar-refractivity contribution in [3.8, 4) is 11.1 Å². The van der Waals surface area contributed by atoms with Crippen LogP contribution in [0.15, 0.2) is 63.8 Å². The largest absolute Gasteiger partial charge is 0.419 e. The average molecular weight is 403 g/mol. The molecule has 0 fully saturated rings. The van der Waals surface area contributed by atoms with E-state index in [-0.39, 0.29) is 5.58 Å². The quantitative estimate of drug-likeness (QED) is 0.183. The summed E-state index contributed by atoms with van der Waals surface area (Å²) in [5.41, 5.74) is 3.49. The second-order valence-corrected chi connectivity index (χ2v) is 7.97. The van der Waals surface area contributed by atoms with Gasteiger partial charge in [-0.2, -0.15) is 0 Å². The Morgan fingerprint density at radius 3 is 2.23 bits per heavy atom. The molecule has 0 spiro atoms. The Morgan fingerprint density at radius 2 is 1.50 bits per heavy atom. The van der Waals surface area contributed by atoms with E-state index in [9.17, 15) is 4.79 Å². The lowest BCUT2D eigenvalue weighted by molar-refractivity contribution is 0.522. The van der Waals surface area contributed by atoms with Crippen LogP contribution in [-0.4, -0.2) is 0 Å². The van der Waals surface area contributed by atoms with Crippen molar-refractivity contribution in [3.63, 3.8) is 0 Å². The minimum absolute atomic E-state index is 0.0677. The number of aryl methyl sites for hydroxylation is 2. The third kappa shape index (κ3) is 3.89. The van der Waals surface area contributed by atoms with Crippen molar-refractivity contribution < 1.29 is 8.81 Å². The predicted octanol–water partition coefficient (Wildman–Crippen LogP) is 7.44. The molecular weight excluding hydrogens is 375 g/mol. The molecule has 4 rings (SSSR count). The van der Waals surface area contributed by atoms with E-state index in [0.717, 1.165) is 48.6 Å². The van der Waals surface area contributed by atoms with E-state index in [4.69, 9.17) is 4.42 Å². The molecule has 0 aliphatic carbocycles. The normalized spacial score (nSPS) is 11.4. The van der Waals surface area contributed by atoms with Gasteiger partial charge in [0.2, 0.25) is 0 Å². The molecule has 0 aliphatic rings. The van der Waals surface area contributed by atoms with Gasteiger partial charge in [0.1, 0.15) is 0 Å². The van der Waals surface area contributed by atoms with Crippen LogP contribution in [-0.2, 0) is 12.8 Å². The second-order valence-electron chi connectivity index (χ2n) is 7.97. The second kappa shape index (κ2) is 8.83. The van der Waals surface area contributed by atoms with Crippen LogP contribution in [0.25, 0.3) is 32.9 Å². The van der Waals surface area contributed by atoms with E-state index >= 15 is 4.39 Å². The van der Waals surface area contributed by atoms with Crippen LogP contribution in [0.4, 0.5) is 4.39 Å². The van der Waals surface area contributed by atoms with Gasteiger partial charge in [-0.25, -0.2) is 9.18 Å². The zero-order chi connectivity index (χ0) is 21.1. The molecule has 1 aromatic heterocycles. The van der Waals surface area contributed by atoms with Gasteiger partial charge in [0.15, 0.2) is 11.4 Å². The summed E-state index contributed by atoms with van der Waals surface area (Å²) in [6.45, 7) is 4.29. The van der Waals surface area contributed by atoms with Gasteiger partial charge in [0, 0.05) is 10.8 Å². The highest BCUT2D eigenvalue weighted by molar-refractivity contribution is 6.05. The highest BCUT2D eigenvalue weighted by Crippen LogP contribution is 2.30. The molecule has 0 aliphatic heterocycles. The monoisotopic (exact) mass is 402 g/mol. The Labute approximate surface area is 176 Å². The van der Waals surface area contributed by atoms with Crippen LogP contribution in [0.1, 0.15) is 50.7 Å². The number of benzene rings is 3. The number of fused-ring (bicyclic) bond motifs is 3. The van der Waals surface area contributed by atoms with Gasteiger partial charge in [-0.3, -0.25) is 0 Å². The fourth-order valence-electron chi connectivity index (χ4n) is 4.10. The lowest BCUT2D eigenvalue weighted by atomic mass is 9.98. The first-order valence-electron chi connectivity index (χ1n) is 10.9. The molecule has 0 saturated carbocycles. The van der Waals surface area contributed by atoms with Crippen LogP contribution >= 0.6 is 0 Å². The third-order valence-corrected chi connectivity index (χ3v) is 5.78. The Kier molecular flexibility index (Phi) is 5.98. The summed E-state index contributed by atoms with van der Waals surface area (Å²) < 4.78 is 20.5. The maximum atomic E-state index is 15.0. The molecule has 30 heavy (non-hydrogen) atoms. The summed E-state index contributed by atoms with van der Waals surface area (Å²) >= 11 is 0. The predicted molar refractivity (Wildman–Crippen MR) is 123 cm³/mol. The summed E-state index contributed by atoms with van der Waals surface area (Å²) in [6.07, 6.45) is 5.89. The first-order chi connectivity index (χ1) is 14.6. The molecule has 0 N–H and O–H groups in total. The van der Waals surface area contributed by atoms with Gasteiger partial charge in [0.05, 0.1) is 5.39 Å². The molecule has 154 valence electrons. The summed E-state index contributed by atoms with van der Waals surface area (Å²) in [5, 5.41) is 1.86. The number of unbranched alkanes of at least 4 members (excludes halogenated alkanes) is 2. The van der Waals surface area contributed by atoms with Crippen LogP contribution in [0.3, 0.4) is 0 Å². The van der Waals surface area contributed by atoms with Crippen LogP contribution < -0.4 is 5.63 Å². The number of hydrogen-bond donors (Lipinski definition) is 0. The molecule has 0 atom stereocenters. The van der Waals surface area contributed by atoms with E-state index in [1.165, 1.54) is 5.56 Å². The number of halogens is 1. The first kappa shape index (κ1) is 20.3. The van der Waals surface area contributed by atoms with Crippen LogP contribution in [0.5, 0.6) is 0 Å². The summed E-state index contributed by atoms with van der Waals surface area (Å²) in [6, 6.07) is 17.9. The maximum Gasteiger partial charge on any atom is 0.344 e. The molecule has 1 heterocycles. The molecule has 0 bridgehead atoms. The average Bonchev–Trinajstić information content (AvgIpc) is 2.77. The fraction of sp³-hybridized carbons (Fsp3) is 0.296. The lowest BCUT2D eigenvalue weighted by Crippen LogP contribution is -2.02. The van der Waals surface area contributed by atoms with Crippen molar-refractivity contribution in [3.05, 3.63) is 82.0 Å². The fourth-order valence-corrected chi connectivity index (χ4v) is 4.10. The van der Waals surface area contributed by atoms with Crippen molar-refractivity contribution in [2.75, 3.05) is 0 Å². The minimum Gasteiger partial charge on any atom is -0.419 e. The SMILES string of the molecule is CCCCCc1ccc2c(oc(=O)c3cc(-c4ccc(CCC)cc4)ccc32)c1F. The molecule has 0 radical (unpaired) electrons. The zero-order valence-electron chi connectivity index (χ0n) is 17.6. The Bertz CT molecular complexity index is 1240. The molecule has 0 amide bonds. The van der Waals surface area contributed by atoms with Crippen molar-refractivity contribution >= 4 is 21.7 Å². The van der Waals surface area contributed by atoms with E-state index in [2.05, 4.69) is 38.1 Å². The number of rotatable bonds is 7. The van der Waals surface area contributed by atoms with E-state index in [0.29, 0.717) is 22.8 Å². The molecule has 4 aromatic rings. The highest BCUT2D eigenvalue weighted by atomic mass is 19.1. The minimum atomic E-state index is -0.494. The van der Waals surface area contributed by atoms with Crippen molar-refractivity contribution in [1.82, 2.24) is 0 Å². The zero-order valence-corrected chi connectivity index (χ0v) is 17.6. The third-order valence-electron chi connectivity index (χ3n) is 5.78. The van der Waals surface area contributed by atoms with Crippen LogP contribution in [0.2, 0.25) is 0 Å². The smallest absolute Gasteiger partial charge is 0.344 e. The van der Waals surface area contributed by atoms with Gasteiger partial charge in [-0.1, -0.05) is 81.6 Å². The number of hydrogen-bond acceptors (Lipinski definition) is 2. The Morgan fingerprint density at radius 1 is 0.767 bits per heavy atom. The van der Waals surface area contributed by atoms with Gasteiger partial charge >= 0.3 is 5.63 Å². The molecular formula is C27H27FO2. The molecule has 2 nitrogen and oxygen atoms in total. The van der Waals surface area contributed by atoms with Crippen molar-refractivity contribution in [2.24, 2.45) is 0 Å². The standard InChI is InChI=1S/C27H27FO2/c1-3-5-6-8-20-13-16-23-22-15-14-21(19-11-9-18(7-4-2)10-12-19)17-24(22)27(29)30-26(23)25(20)28/h9-17H,3-8H2,1-2H3. The molecule has 3 aromatic carbocycles. The maximum absolute atomic E-state index is 15.0. The summed E-state index contributed by atoms with van der Waals surface area (Å²) in [5.74, 6) is -0.404. The van der Waals surface area contributed by atoms with E-state index < -0.39 is 11.4 Å². The lowest BCUT2D eigenvalue weighted by Gasteiger charge is -2.09. The van der Waals surface area contributed by atoms with Gasteiger partial charge < -0.3 is 4.42 Å². The molecule has 3 heteroatoms. The summed E-state index contributed by atoms with van der Waals surface area (Å²) in [4.78, 5) is 12.7. The topological polar surface area (TPSA) is 30.2 Å². The van der Waals surface area contributed by atoms with E-state index in [1.54, 1.807) is 0 Å². The highest BCUT2D eigenvalue weighted by Gasteiger charge is 2.15. The Hall–Kier alpha value is -2.94. The van der Waals surface area contributed by atoms with E-state index in [1.807, 2.05) is 30.3 Å². The molecule has 0 saturated heterocycles. The van der Waals surface area contributed by atoms with Gasteiger partial charge in [-0.05, 0) is 47.6 Å². The van der Waals surface area contributed by atoms with Crippen molar-refractivity contribution in [2.45, 2.75) is 52.4 Å².